The molecule has 0 aliphatic rings. The van der Waals surface area contributed by atoms with Crippen LogP contribution in [0.1, 0.15) is 28.4 Å². The van der Waals surface area contributed by atoms with Crippen molar-refractivity contribution in [3.8, 4) is 5.75 Å². The van der Waals surface area contributed by atoms with E-state index in [0.29, 0.717) is 25.3 Å². The summed E-state index contributed by atoms with van der Waals surface area (Å²) in [6.45, 7) is 3.97. The first-order valence-corrected chi connectivity index (χ1v) is 10.2. The molecule has 0 saturated heterocycles. The van der Waals surface area contributed by atoms with Gasteiger partial charge in [0.15, 0.2) is 5.76 Å². The van der Waals surface area contributed by atoms with Gasteiger partial charge in [0.1, 0.15) is 11.6 Å². The number of amides is 1. The quantitative estimate of drug-likeness (QED) is 0.421. The summed E-state index contributed by atoms with van der Waals surface area (Å²) in [5.41, 5.74) is 3.25. The molecule has 4 aromatic rings. The minimum atomic E-state index is -0.214. The van der Waals surface area contributed by atoms with Gasteiger partial charge in [0.2, 0.25) is 0 Å². The Morgan fingerprint density at radius 3 is 2.87 bits per heavy atom. The summed E-state index contributed by atoms with van der Waals surface area (Å²) in [5.74, 6) is 1.95. The first-order chi connectivity index (χ1) is 14.7. The van der Waals surface area contributed by atoms with Crippen LogP contribution in [0.3, 0.4) is 0 Å². The van der Waals surface area contributed by atoms with E-state index in [1.807, 2.05) is 36.4 Å². The van der Waals surface area contributed by atoms with E-state index >= 15 is 0 Å². The Bertz CT molecular complexity index is 1120. The van der Waals surface area contributed by atoms with Crippen LogP contribution in [0.5, 0.6) is 5.75 Å². The predicted octanol–water partition coefficient (Wildman–Crippen LogP) is 4.38. The van der Waals surface area contributed by atoms with Crippen molar-refractivity contribution < 1.29 is 13.9 Å². The first kappa shape index (κ1) is 19.8. The molecule has 6 nitrogen and oxygen atoms in total. The molecule has 0 saturated carbocycles. The lowest BCUT2D eigenvalue weighted by atomic mass is 10.2. The van der Waals surface area contributed by atoms with E-state index in [1.54, 1.807) is 12.1 Å². The van der Waals surface area contributed by atoms with Gasteiger partial charge in [0, 0.05) is 19.5 Å². The second-order valence-corrected chi connectivity index (χ2v) is 7.17. The molecule has 2 aromatic carbocycles. The largest absolute Gasteiger partial charge is 0.494 e. The Morgan fingerprint density at radius 1 is 1.13 bits per heavy atom. The van der Waals surface area contributed by atoms with Gasteiger partial charge in [-0.25, -0.2) is 4.98 Å². The van der Waals surface area contributed by atoms with Crippen LogP contribution < -0.4 is 10.1 Å². The van der Waals surface area contributed by atoms with E-state index in [4.69, 9.17) is 14.1 Å². The second kappa shape index (κ2) is 9.31. The summed E-state index contributed by atoms with van der Waals surface area (Å²) >= 11 is 0. The zero-order valence-corrected chi connectivity index (χ0v) is 17.0. The molecule has 0 spiro atoms. The van der Waals surface area contributed by atoms with Crippen LogP contribution in [-0.4, -0.2) is 28.6 Å². The molecule has 6 heteroatoms. The van der Waals surface area contributed by atoms with Crippen molar-refractivity contribution in [1.82, 2.24) is 14.9 Å². The minimum Gasteiger partial charge on any atom is -0.494 e. The number of hydrogen-bond acceptors (Lipinski definition) is 4. The number of carbonyl (C=O) groups is 1. The fourth-order valence-electron chi connectivity index (χ4n) is 3.47. The van der Waals surface area contributed by atoms with Gasteiger partial charge in [-0.2, -0.15) is 0 Å². The average Bonchev–Trinajstić information content (AvgIpc) is 3.40. The number of ether oxygens (including phenoxy) is 1. The number of rotatable bonds is 9. The molecule has 4 rings (SSSR count). The number of aromatic nitrogens is 2. The van der Waals surface area contributed by atoms with Crippen molar-refractivity contribution in [2.75, 3.05) is 13.2 Å². The van der Waals surface area contributed by atoms with Gasteiger partial charge in [-0.1, -0.05) is 24.3 Å². The van der Waals surface area contributed by atoms with E-state index < -0.39 is 0 Å². The van der Waals surface area contributed by atoms with Crippen molar-refractivity contribution in [1.29, 1.82) is 0 Å². The lowest BCUT2D eigenvalue weighted by molar-refractivity contribution is 0.0926. The Hall–Kier alpha value is -3.54. The molecule has 30 heavy (non-hydrogen) atoms. The number of aryl methyl sites for hydroxylation is 2. The Morgan fingerprint density at radius 2 is 2.03 bits per heavy atom. The van der Waals surface area contributed by atoms with Crippen LogP contribution in [0.25, 0.3) is 11.0 Å². The smallest absolute Gasteiger partial charge is 0.286 e. The maximum atomic E-state index is 12.1. The molecule has 1 amide bonds. The highest BCUT2D eigenvalue weighted by Gasteiger charge is 2.12. The van der Waals surface area contributed by atoms with Crippen molar-refractivity contribution in [2.45, 2.75) is 26.3 Å². The van der Waals surface area contributed by atoms with Crippen LogP contribution in [0.15, 0.2) is 71.3 Å². The lowest BCUT2D eigenvalue weighted by Gasteiger charge is -2.11. The summed E-state index contributed by atoms with van der Waals surface area (Å²) in [5, 5.41) is 2.89. The van der Waals surface area contributed by atoms with E-state index in [-0.39, 0.29) is 5.91 Å². The van der Waals surface area contributed by atoms with Crippen molar-refractivity contribution in [3.63, 3.8) is 0 Å². The highest BCUT2D eigenvalue weighted by atomic mass is 16.5. The summed E-state index contributed by atoms with van der Waals surface area (Å²) in [4.78, 5) is 16.8. The number of carbonyl (C=O) groups excluding carboxylic acids is 1. The molecule has 0 aliphatic carbocycles. The molecular formula is C24H25N3O3. The number of nitrogens with zero attached hydrogens (tertiary/aromatic N) is 2. The molecule has 0 atom stereocenters. The van der Waals surface area contributed by atoms with Crippen molar-refractivity contribution >= 4 is 16.9 Å². The summed E-state index contributed by atoms with van der Waals surface area (Å²) < 4.78 is 13.2. The van der Waals surface area contributed by atoms with Crippen molar-refractivity contribution in [2.24, 2.45) is 0 Å². The number of imidazole rings is 1. The Kier molecular flexibility index (Phi) is 6.13. The summed E-state index contributed by atoms with van der Waals surface area (Å²) in [6, 6.07) is 19.5. The maximum Gasteiger partial charge on any atom is 0.286 e. The molecule has 0 bridgehead atoms. The van der Waals surface area contributed by atoms with E-state index in [9.17, 15) is 4.79 Å². The average molecular weight is 403 g/mol. The Labute approximate surface area is 175 Å². The molecule has 2 heterocycles. The van der Waals surface area contributed by atoms with Crippen LogP contribution in [0, 0.1) is 6.92 Å². The van der Waals surface area contributed by atoms with Gasteiger partial charge < -0.3 is 19.0 Å². The van der Waals surface area contributed by atoms with Gasteiger partial charge in [-0.3, -0.25) is 4.79 Å². The van der Waals surface area contributed by atoms with E-state index in [0.717, 1.165) is 35.6 Å². The zero-order valence-electron chi connectivity index (χ0n) is 17.0. The SMILES string of the molecule is Cc1cccc(OCCCn2c(CCNC(=O)c3ccco3)nc3ccccc32)c1. The Balaban J connectivity index is 1.38. The maximum absolute atomic E-state index is 12.1. The lowest BCUT2D eigenvalue weighted by Crippen LogP contribution is -2.26. The normalized spacial score (nSPS) is 11.0. The third kappa shape index (κ3) is 4.71. The topological polar surface area (TPSA) is 69.3 Å². The zero-order chi connectivity index (χ0) is 20.8. The molecule has 0 aliphatic heterocycles. The number of furan rings is 1. The van der Waals surface area contributed by atoms with Gasteiger partial charge >= 0.3 is 0 Å². The molecule has 154 valence electrons. The molecule has 0 radical (unpaired) electrons. The fraction of sp³-hybridized carbons (Fsp3) is 0.250. The molecule has 1 N–H and O–H groups in total. The molecule has 0 unspecified atom stereocenters. The van der Waals surface area contributed by atoms with Crippen molar-refractivity contribution in [3.05, 3.63) is 84.1 Å². The number of nitrogens with one attached hydrogen (secondary N) is 1. The standard InChI is InChI=1S/C24H25N3O3/c1-18-7-4-8-19(17-18)29-16-6-14-27-21-10-3-2-9-20(21)26-23(27)12-13-25-24(28)22-11-5-15-30-22/h2-5,7-11,15,17H,6,12-14,16H2,1H3,(H,25,28). The van der Waals surface area contributed by atoms with Crippen LogP contribution in [0.4, 0.5) is 0 Å². The van der Waals surface area contributed by atoms with Gasteiger partial charge in [0.05, 0.1) is 23.9 Å². The number of fused-ring (bicyclic) bond motifs is 1. The van der Waals surface area contributed by atoms with E-state index in [1.165, 1.54) is 11.8 Å². The number of hydrogen-bond donors (Lipinski definition) is 1. The summed E-state index contributed by atoms with van der Waals surface area (Å²) in [6.07, 6.45) is 2.99. The third-order valence-corrected chi connectivity index (χ3v) is 4.90. The van der Waals surface area contributed by atoms with E-state index in [2.05, 4.69) is 28.9 Å². The van der Waals surface area contributed by atoms with Crippen LogP contribution in [0.2, 0.25) is 0 Å². The monoisotopic (exact) mass is 403 g/mol. The van der Waals surface area contributed by atoms with Gasteiger partial charge in [-0.15, -0.1) is 0 Å². The van der Waals surface area contributed by atoms with Crippen LogP contribution >= 0.6 is 0 Å². The fourth-order valence-corrected chi connectivity index (χ4v) is 3.47. The predicted molar refractivity (Wildman–Crippen MR) is 116 cm³/mol. The molecule has 2 aromatic heterocycles. The first-order valence-electron chi connectivity index (χ1n) is 10.2. The molecule has 0 fully saturated rings. The third-order valence-electron chi connectivity index (χ3n) is 4.90. The van der Waals surface area contributed by atoms with Crippen LogP contribution in [-0.2, 0) is 13.0 Å². The van der Waals surface area contributed by atoms with Gasteiger partial charge in [0.25, 0.3) is 5.91 Å². The highest BCUT2D eigenvalue weighted by molar-refractivity contribution is 5.91. The minimum absolute atomic E-state index is 0.214. The molecular weight excluding hydrogens is 378 g/mol. The van der Waals surface area contributed by atoms with Gasteiger partial charge in [-0.05, 0) is 55.3 Å². The second-order valence-electron chi connectivity index (χ2n) is 7.17. The highest BCUT2D eigenvalue weighted by Crippen LogP contribution is 2.18. The summed E-state index contributed by atoms with van der Waals surface area (Å²) in [7, 11) is 0. The number of benzene rings is 2. The number of para-hydroxylation sites is 2.